The van der Waals surface area contributed by atoms with Gasteiger partial charge in [0.25, 0.3) is 0 Å². The molecule has 1 aromatic carbocycles. The number of fused-ring (bicyclic) bond motifs is 1. The number of ether oxygens (including phenoxy) is 1. The fraction of sp³-hybridized carbons (Fsp3) is 0.474. The highest BCUT2D eigenvalue weighted by Gasteiger charge is 2.45. The van der Waals surface area contributed by atoms with E-state index in [1.807, 2.05) is 51.1 Å². The van der Waals surface area contributed by atoms with E-state index >= 15 is 0 Å². The average molecular weight is 394 g/mol. The fourth-order valence-corrected chi connectivity index (χ4v) is 5.17. The van der Waals surface area contributed by atoms with Gasteiger partial charge >= 0.3 is 0 Å². The Morgan fingerprint density at radius 2 is 2.04 bits per heavy atom. The molecule has 5 nitrogen and oxygen atoms in total. The number of ketones is 1. The van der Waals surface area contributed by atoms with Crippen LogP contribution >= 0.6 is 11.8 Å². The number of β-lactam (4-membered cyclic amide) rings is 1. The zero-order chi connectivity index (χ0) is 18.9. The summed E-state index contributed by atoms with van der Waals surface area (Å²) in [6, 6.07) is 9.24. The normalized spacial score (nSPS) is 21.2. The summed E-state index contributed by atoms with van der Waals surface area (Å²) in [6.45, 7) is 5.44. The average Bonchev–Trinajstić information content (AvgIpc) is 2.59. The molecule has 0 saturated carbocycles. The Morgan fingerprint density at radius 3 is 2.65 bits per heavy atom. The van der Waals surface area contributed by atoms with Crippen molar-refractivity contribution in [2.45, 2.75) is 37.5 Å². The van der Waals surface area contributed by atoms with E-state index in [4.69, 9.17) is 4.74 Å². The van der Waals surface area contributed by atoms with Crippen LogP contribution in [0.4, 0.5) is 0 Å². The molecule has 0 aromatic heterocycles. The van der Waals surface area contributed by atoms with E-state index in [2.05, 4.69) is 0 Å². The van der Waals surface area contributed by atoms with Gasteiger partial charge in [0.05, 0.1) is 11.8 Å². The molecule has 2 heterocycles. The maximum absolute atomic E-state index is 12.7. The van der Waals surface area contributed by atoms with Gasteiger partial charge in [0, 0.05) is 16.7 Å². The number of nitrogens with zero attached hydrogens (tertiary/aromatic N) is 1. The number of hydrogen-bond acceptors (Lipinski definition) is 5. The van der Waals surface area contributed by atoms with E-state index < -0.39 is 16.6 Å². The van der Waals surface area contributed by atoms with Crippen LogP contribution in [0, 0.1) is 5.41 Å². The van der Waals surface area contributed by atoms with Crippen LogP contribution in [0.3, 0.4) is 0 Å². The van der Waals surface area contributed by atoms with Crippen LogP contribution in [-0.2, 0) is 25.5 Å². The molecule has 0 N–H and O–H groups in total. The number of amides is 1. The molecular formula is C19H23NO4S2. The van der Waals surface area contributed by atoms with E-state index in [9.17, 15) is 14.1 Å². The van der Waals surface area contributed by atoms with Gasteiger partial charge in [-0.25, -0.2) is 0 Å². The largest absolute Gasteiger partial charge is 0.611 e. The van der Waals surface area contributed by atoms with Gasteiger partial charge in [-0.1, -0.05) is 39.0 Å². The molecule has 1 aromatic rings. The SMILES string of the molecule is CC(C)(C)C(=O)COC1=C(C[S+]([O-])c2ccccc2)CS[C@@H]2CC(=O)N12. The molecule has 1 amide bonds. The zero-order valence-electron chi connectivity index (χ0n) is 15.2. The number of carbonyl (C=O) groups excluding carboxylic acids is 2. The lowest BCUT2D eigenvalue weighted by Crippen LogP contribution is -2.53. The monoisotopic (exact) mass is 393 g/mol. The Kier molecular flexibility index (Phi) is 5.69. The first-order chi connectivity index (χ1) is 12.3. The van der Waals surface area contributed by atoms with Gasteiger partial charge in [-0.3, -0.25) is 14.5 Å². The zero-order valence-corrected chi connectivity index (χ0v) is 16.8. The van der Waals surface area contributed by atoms with Gasteiger partial charge in [0.15, 0.2) is 10.7 Å². The molecule has 2 aliphatic heterocycles. The van der Waals surface area contributed by atoms with E-state index in [-0.39, 0.29) is 23.7 Å². The summed E-state index contributed by atoms with van der Waals surface area (Å²) in [6.07, 6.45) is 0.486. The van der Waals surface area contributed by atoms with Crippen molar-refractivity contribution >= 4 is 34.6 Å². The maximum atomic E-state index is 12.7. The van der Waals surface area contributed by atoms with Crippen molar-refractivity contribution in [2.75, 3.05) is 18.1 Å². The van der Waals surface area contributed by atoms with Crippen LogP contribution in [0.2, 0.25) is 0 Å². The smallest absolute Gasteiger partial charge is 0.233 e. The highest BCUT2D eigenvalue weighted by Crippen LogP contribution is 2.41. The standard InChI is InChI=1S/C19H23NO4S2/c1-19(2,3)15(21)10-24-18-13(11-25-17-9-16(22)20(17)18)12-26(23)14-7-5-4-6-8-14/h4-8,17H,9-12H2,1-3H3/t17-,26?/m1/s1. The lowest BCUT2D eigenvalue weighted by atomic mass is 9.91. The molecule has 0 bridgehead atoms. The van der Waals surface area contributed by atoms with Crippen LogP contribution in [0.15, 0.2) is 46.7 Å². The molecule has 140 valence electrons. The molecule has 0 aliphatic carbocycles. The van der Waals surface area contributed by atoms with Crippen molar-refractivity contribution in [1.82, 2.24) is 4.90 Å². The first-order valence-electron chi connectivity index (χ1n) is 8.52. The van der Waals surface area contributed by atoms with Crippen LogP contribution in [-0.4, -0.2) is 44.6 Å². The lowest BCUT2D eigenvalue weighted by molar-refractivity contribution is -0.145. The summed E-state index contributed by atoms with van der Waals surface area (Å²) in [4.78, 5) is 26.6. The molecule has 2 aliphatic rings. The molecule has 1 unspecified atom stereocenters. The van der Waals surface area contributed by atoms with Gasteiger partial charge in [-0.2, -0.15) is 0 Å². The van der Waals surface area contributed by atoms with Gasteiger partial charge < -0.3 is 9.29 Å². The number of hydrogen-bond donors (Lipinski definition) is 0. The van der Waals surface area contributed by atoms with Crippen LogP contribution in [0.25, 0.3) is 0 Å². The molecular weight excluding hydrogens is 370 g/mol. The highest BCUT2D eigenvalue weighted by atomic mass is 32.2. The van der Waals surface area contributed by atoms with Gasteiger partial charge in [0.1, 0.15) is 12.4 Å². The summed E-state index contributed by atoms with van der Waals surface area (Å²) >= 11 is 0.433. The number of rotatable bonds is 6. The topological polar surface area (TPSA) is 69.7 Å². The van der Waals surface area contributed by atoms with Crippen molar-refractivity contribution in [1.29, 1.82) is 0 Å². The first-order valence-corrected chi connectivity index (χ1v) is 10.9. The van der Waals surface area contributed by atoms with Crippen LogP contribution in [0.1, 0.15) is 27.2 Å². The van der Waals surface area contributed by atoms with Gasteiger partial charge in [-0.05, 0) is 23.3 Å². The van der Waals surface area contributed by atoms with Crippen molar-refractivity contribution in [3.63, 3.8) is 0 Å². The van der Waals surface area contributed by atoms with Gasteiger partial charge in [-0.15, -0.1) is 11.8 Å². The second-order valence-electron chi connectivity index (χ2n) is 7.41. The summed E-state index contributed by atoms with van der Waals surface area (Å²) in [7, 11) is 0. The van der Waals surface area contributed by atoms with E-state index in [0.717, 1.165) is 10.5 Å². The summed E-state index contributed by atoms with van der Waals surface area (Å²) < 4.78 is 18.5. The second-order valence-corrected chi connectivity index (χ2v) is 10.0. The fourth-order valence-electron chi connectivity index (χ4n) is 2.63. The minimum atomic E-state index is -1.22. The Morgan fingerprint density at radius 1 is 1.35 bits per heavy atom. The molecule has 7 heteroatoms. The van der Waals surface area contributed by atoms with Crippen molar-refractivity contribution in [3.8, 4) is 0 Å². The maximum Gasteiger partial charge on any atom is 0.233 e. The molecule has 1 fully saturated rings. The third kappa shape index (κ3) is 4.10. The number of benzene rings is 1. The minimum Gasteiger partial charge on any atom is -0.611 e. The summed E-state index contributed by atoms with van der Waals surface area (Å²) in [5.74, 6) is 1.35. The van der Waals surface area contributed by atoms with Gasteiger partial charge in [0.2, 0.25) is 11.8 Å². The Hall–Kier alpha value is -1.44. The van der Waals surface area contributed by atoms with Crippen molar-refractivity contribution < 1.29 is 18.9 Å². The molecule has 1 saturated heterocycles. The van der Waals surface area contributed by atoms with Crippen LogP contribution < -0.4 is 0 Å². The predicted molar refractivity (Wildman–Crippen MR) is 103 cm³/mol. The minimum absolute atomic E-state index is 0.0107. The van der Waals surface area contributed by atoms with E-state index in [0.29, 0.717) is 23.8 Å². The highest BCUT2D eigenvalue weighted by molar-refractivity contribution is 8.00. The second kappa shape index (κ2) is 7.66. The van der Waals surface area contributed by atoms with Crippen LogP contribution in [0.5, 0.6) is 0 Å². The van der Waals surface area contributed by atoms with Crippen molar-refractivity contribution in [2.24, 2.45) is 5.41 Å². The summed E-state index contributed by atoms with van der Waals surface area (Å²) in [5, 5.41) is 0.0659. The molecule has 26 heavy (non-hydrogen) atoms. The Labute approximate surface area is 161 Å². The third-order valence-electron chi connectivity index (χ3n) is 4.37. The predicted octanol–water partition coefficient (Wildman–Crippen LogP) is 2.94. The number of carbonyl (C=O) groups is 2. The third-order valence-corrected chi connectivity index (χ3v) is 7.05. The Bertz CT molecular complexity index is 727. The Balaban J connectivity index is 1.79. The first kappa shape index (κ1) is 19.3. The summed E-state index contributed by atoms with van der Waals surface area (Å²) in [5.41, 5.74) is 0.318. The van der Waals surface area contributed by atoms with E-state index in [1.54, 1.807) is 16.7 Å². The van der Waals surface area contributed by atoms with Crippen molar-refractivity contribution in [3.05, 3.63) is 41.8 Å². The number of Topliss-reactive ketones (excluding diaryl/α,β-unsaturated/α-hetero) is 1. The molecule has 3 rings (SSSR count). The lowest BCUT2D eigenvalue weighted by Gasteiger charge is -2.44. The molecule has 0 radical (unpaired) electrons. The quantitative estimate of drug-likeness (QED) is 0.549. The number of thioether (sulfide) groups is 1. The molecule has 0 spiro atoms. The van der Waals surface area contributed by atoms with E-state index in [1.165, 1.54) is 0 Å². The molecule has 2 atom stereocenters.